The lowest BCUT2D eigenvalue weighted by Crippen LogP contribution is -2.34. The van der Waals surface area contributed by atoms with E-state index in [0.717, 1.165) is 25.3 Å². The number of rotatable bonds is 7. The fourth-order valence-electron chi connectivity index (χ4n) is 2.13. The summed E-state index contributed by atoms with van der Waals surface area (Å²) >= 11 is 0. The Kier molecular flexibility index (Phi) is 6.31. The molecule has 1 unspecified atom stereocenters. The lowest BCUT2D eigenvalue weighted by Gasteiger charge is -2.24. The van der Waals surface area contributed by atoms with Crippen molar-refractivity contribution in [3.8, 4) is 0 Å². The van der Waals surface area contributed by atoms with Gasteiger partial charge < -0.3 is 20.7 Å². The van der Waals surface area contributed by atoms with Crippen LogP contribution in [0.1, 0.15) is 31.1 Å². The summed E-state index contributed by atoms with van der Waals surface area (Å²) in [6, 6.07) is 5.61. The van der Waals surface area contributed by atoms with Gasteiger partial charge in [-0.05, 0) is 38.2 Å². The molecule has 0 saturated heterocycles. The topological polar surface area (TPSA) is 67.6 Å². The van der Waals surface area contributed by atoms with Gasteiger partial charge in [0.1, 0.15) is 0 Å². The zero-order valence-electron chi connectivity index (χ0n) is 12.8. The van der Waals surface area contributed by atoms with E-state index in [2.05, 4.69) is 31.0 Å². The minimum Gasteiger partial charge on any atom is -0.465 e. The van der Waals surface area contributed by atoms with Crippen molar-refractivity contribution in [3.63, 3.8) is 0 Å². The van der Waals surface area contributed by atoms with Crippen molar-refractivity contribution in [2.45, 2.75) is 26.8 Å². The lowest BCUT2D eigenvalue weighted by atomic mass is 10.1. The number of carbonyl (C=O) groups excluding carboxylic acids is 1. The van der Waals surface area contributed by atoms with Crippen molar-refractivity contribution in [2.75, 3.05) is 37.8 Å². The number of likely N-dealkylation sites (N-methyl/N-ethyl adjacent to an activating group) is 1. The highest BCUT2D eigenvalue weighted by molar-refractivity contribution is 5.96. The average molecular weight is 279 g/mol. The molecule has 0 radical (unpaired) electrons. The SMILES string of the molecule is CCN(CC)CC(C)Nc1ccc(N)c(C(=O)OC)c1. The molecule has 1 atom stereocenters. The summed E-state index contributed by atoms with van der Waals surface area (Å²) in [6.45, 7) is 9.41. The number of nitrogen functional groups attached to an aromatic ring is 1. The van der Waals surface area contributed by atoms with E-state index in [1.54, 1.807) is 12.1 Å². The van der Waals surface area contributed by atoms with Gasteiger partial charge in [0.15, 0.2) is 0 Å². The Morgan fingerprint density at radius 2 is 2.05 bits per heavy atom. The first kappa shape index (κ1) is 16.3. The van der Waals surface area contributed by atoms with Gasteiger partial charge in [-0.3, -0.25) is 0 Å². The van der Waals surface area contributed by atoms with Crippen LogP contribution < -0.4 is 11.1 Å². The predicted octanol–water partition coefficient (Wildman–Crippen LogP) is 2.20. The second-order valence-electron chi connectivity index (χ2n) is 4.82. The molecule has 0 bridgehead atoms. The predicted molar refractivity (Wildman–Crippen MR) is 83.1 cm³/mol. The third kappa shape index (κ3) is 4.42. The Labute approximate surface area is 121 Å². The Morgan fingerprint density at radius 3 is 2.60 bits per heavy atom. The monoisotopic (exact) mass is 279 g/mol. The van der Waals surface area contributed by atoms with Crippen LogP contribution in [0, 0.1) is 0 Å². The summed E-state index contributed by atoms with van der Waals surface area (Å²) < 4.78 is 4.72. The van der Waals surface area contributed by atoms with Crippen LogP contribution in [0.15, 0.2) is 18.2 Å². The Bertz CT molecular complexity index is 445. The number of anilines is 2. The maximum atomic E-state index is 11.6. The fourth-order valence-corrected chi connectivity index (χ4v) is 2.13. The van der Waals surface area contributed by atoms with Crippen molar-refractivity contribution in [1.82, 2.24) is 4.90 Å². The smallest absolute Gasteiger partial charge is 0.340 e. The first-order valence-electron chi connectivity index (χ1n) is 6.98. The number of nitrogens with two attached hydrogens (primary N) is 1. The van der Waals surface area contributed by atoms with Gasteiger partial charge in [-0.25, -0.2) is 4.79 Å². The Morgan fingerprint density at radius 1 is 1.40 bits per heavy atom. The Balaban J connectivity index is 2.75. The van der Waals surface area contributed by atoms with Gasteiger partial charge in [0, 0.05) is 24.0 Å². The van der Waals surface area contributed by atoms with Crippen LogP contribution in [0.5, 0.6) is 0 Å². The summed E-state index contributed by atoms with van der Waals surface area (Å²) in [4.78, 5) is 13.9. The van der Waals surface area contributed by atoms with Crippen LogP contribution in [0.3, 0.4) is 0 Å². The molecule has 0 amide bonds. The van der Waals surface area contributed by atoms with Crippen molar-refractivity contribution < 1.29 is 9.53 Å². The van der Waals surface area contributed by atoms with Gasteiger partial charge >= 0.3 is 5.97 Å². The molecule has 5 nitrogen and oxygen atoms in total. The molecule has 20 heavy (non-hydrogen) atoms. The maximum absolute atomic E-state index is 11.6. The van der Waals surface area contributed by atoms with Crippen LogP contribution in [0.2, 0.25) is 0 Å². The van der Waals surface area contributed by atoms with Crippen molar-refractivity contribution in [2.24, 2.45) is 0 Å². The average Bonchev–Trinajstić information content (AvgIpc) is 2.45. The number of esters is 1. The van der Waals surface area contributed by atoms with Gasteiger partial charge in [-0.1, -0.05) is 13.8 Å². The number of ether oxygens (including phenoxy) is 1. The number of nitrogens with zero attached hydrogens (tertiary/aromatic N) is 1. The maximum Gasteiger partial charge on any atom is 0.340 e. The van der Waals surface area contributed by atoms with E-state index in [4.69, 9.17) is 10.5 Å². The van der Waals surface area contributed by atoms with Gasteiger partial charge in [-0.2, -0.15) is 0 Å². The third-order valence-electron chi connectivity index (χ3n) is 3.30. The molecular formula is C15H25N3O2. The number of nitrogens with one attached hydrogen (secondary N) is 1. The molecule has 0 spiro atoms. The van der Waals surface area contributed by atoms with Gasteiger partial charge in [-0.15, -0.1) is 0 Å². The van der Waals surface area contributed by atoms with E-state index in [0.29, 0.717) is 11.3 Å². The van der Waals surface area contributed by atoms with Crippen molar-refractivity contribution >= 4 is 17.3 Å². The highest BCUT2D eigenvalue weighted by Crippen LogP contribution is 2.19. The van der Waals surface area contributed by atoms with Crippen molar-refractivity contribution in [1.29, 1.82) is 0 Å². The molecule has 0 heterocycles. The van der Waals surface area contributed by atoms with E-state index in [1.165, 1.54) is 7.11 Å². The molecule has 0 saturated carbocycles. The molecule has 0 aliphatic rings. The van der Waals surface area contributed by atoms with Gasteiger partial charge in [0.25, 0.3) is 0 Å². The summed E-state index contributed by atoms with van der Waals surface area (Å²) in [5, 5.41) is 3.38. The molecule has 0 aliphatic heterocycles. The summed E-state index contributed by atoms with van der Waals surface area (Å²) in [6.07, 6.45) is 0. The molecule has 1 rings (SSSR count). The molecular weight excluding hydrogens is 254 g/mol. The summed E-state index contributed by atoms with van der Waals surface area (Å²) in [5.41, 5.74) is 7.48. The van der Waals surface area contributed by atoms with Gasteiger partial charge in [0.05, 0.1) is 12.7 Å². The second-order valence-corrected chi connectivity index (χ2v) is 4.82. The molecule has 5 heteroatoms. The fraction of sp³-hybridized carbons (Fsp3) is 0.533. The molecule has 0 fully saturated rings. The largest absolute Gasteiger partial charge is 0.465 e. The minimum absolute atomic E-state index is 0.282. The van der Waals surface area contributed by atoms with E-state index in [9.17, 15) is 4.79 Å². The minimum atomic E-state index is -0.414. The van der Waals surface area contributed by atoms with Crippen LogP contribution in [-0.2, 0) is 4.74 Å². The molecule has 3 N–H and O–H groups in total. The first-order valence-corrected chi connectivity index (χ1v) is 6.98. The molecule has 1 aromatic carbocycles. The number of hydrogen-bond donors (Lipinski definition) is 2. The van der Waals surface area contributed by atoms with Gasteiger partial charge in [0.2, 0.25) is 0 Å². The highest BCUT2D eigenvalue weighted by atomic mass is 16.5. The summed E-state index contributed by atoms with van der Waals surface area (Å²) in [5.74, 6) is -0.414. The molecule has 112 valence electrons. The first-order chi connectivity index (χ1) is 9.51. The van der Waals surface area contributed by atoms with E-state index in [-0.39, 0.29) is 6.04 Å². The molecule has 0 aromatic heterocycles. The van der Waals surface area contributed by atoms with E-state index >= 15 is 0 Å². The van der Waals surface area contributed by atoms with E-state index < -0.39 is 5.97 Å². The Hall–Kier alpha value is -1.75. The standard InChI is InChI=1S/C15H25N3O2/c1-5-18(6-2)10-11(3)17-12-7-8-14(16)13(9-12)15(19)20-4/h7-9,11,17H,5-6,10,16H2,1-4H3. The number of carbonyl (C=O) groups is 1. The summed E-state index contributed by atoms with van der Waals surface area (Å²) in [7, 11) is 1.35. The van der Waals surface area contributed by atoms with Crippen LogP contribution in [0.4, 0.5) is 11.4 Å². The number of benzene rings is 1. The highest BCUT2D eigenvalue weighted by Gasteiger charge is 2.12. The molecule has 0 aliphatic carbocycles. The van der Waals surface area contributed by atoms with Crippen LogP contribution in [0.25, 0.3) is 0 Å². The zero-order valence-corrected chi connectivity index (χ0v) is 12.8. The second kappa shape index (κ2) is 7.75. The van der Waals surface area contributed by atoms with E-state index in [1.807, 2.05) is 6.07 Å². The molecule has 1 aromatic rings. The number of methoxy groups -OCH3 is 1. The third-order valence-corrected chi connectivity index (χ3v) is 3.30. The number of hydrogen-bond acceptors (Lipinski definition) is 5. The lowest BCUT2D eigenvalue weighted by molar-refractivity contribution is 0.0602. The van der Waals surface area contributed by atoms with Crippen LogP contribution >= 0.6 is 0 Å². The zero-order chi connectivity index (χ0) is 15.1. The normalized spacial score (nSPS) is 12.2. The van der Waals surface area contributed by atoms with Crippen molar-refractivity contribution in [3.05, 3.63) is 23.8 Å². The van der Waals surface area contributed by atoms with Crippen LogP contribution in [-0.4, -0.2) is 43.7 Å². The quantitative estimate of drug-likeness (QED) is 0.591.